The van der Waals surface area contributed by atoms with E-state index in [1.165, 1.54) is 12.8 Å². The van der Waals surface area contributed by atoms with Gasteiger partial charge in [0.05, 0.1) is 6.20 Å². The molecule has 5 nitrogen and oxygen atoms in total. The summed E-state index contributed by atoms with van der Waals surface area (Å²) >= 11 is 0. The van der Waals surface area contributed by atoms with Crippen LogP contribution in [0.15, 0.2) is 6.20 Å². The van der Waals surface area contributed by atoms with Crippen LogP contribution in [-0.2, 0) is 0 Å². The van der Waals surface area contributed by atoms with Crippen LogP contribution in [0, 0.1) is 5.92 Å². The molecule has 0 aromatic carbocycles. The van der Waals surface area contributed by atoms with Crippen molar-refractivity contribution in [3.05, 3.63) is 6.20 Å². The molecule has 1 unspecified atom stereocenters. The van der Waals surface area contributed by atoms with E-state index >= 15 is 0 Å². The lowest BCUT2D eigenvalue weighted by molar-refractivity contribution is 0.441. The molecule has 0 amide bonds. The van der Waals surface area contributed by atoms with Gasteiger partial charge >= 0.3 is 0 Å². The molecule has 0 aliphatic carbocycles. The highest BCUT2D eigenvalue weighted by atomic mass is 15.3. The Labute approximate surface area is 103 Å². The molecule has 1 aliphatic rings. The Balaban J connectivity index is 2.04. The van der Waals surface area contributed by atoms with Crippen LogP contribution in [0.2, 0.25) is 0 Å². The Kier molecular flexibility index (Phi) is 4.12. The Morgan fingerprint density at radius 1 is 1.53 bits per heavy atom. The number of nitrogens with one attached hydrogen (secondary N) is 1. The van der Waals surface area contributed by atoms with Gasteiger partial charge in [-0.3, -0.25) is 0 Å². The SMILES string of the molecule is CCCNc1cnnc(N2CCCC(C)C2)n1. The maximum absolute atomic E-state index is 4.51. The molecule has 2 heterocycles. The van der Waals surface area contributed by atoms with E-state index in [4.69, 9.17) is 0 Å². The summed E-state index contributed by atoms with van der Waals surface area (Å²) in [6, 6.07) is 0. The van der Waals surface area contributed by atoms with Gasteiger partial charge in [0, 0.05) is 19.6 Å². The second-order valence-electron chi connectivity index (χ2n) is 4.76. The number of nitrogens with zero attached hydrogens (tertiary/aromatic N) is 4. The molecule has 94 valence electrons. The molecule has 1 aliphatic heterocycles. The minimum Gasteiger partial charge on any atom is -0.369 e. The number of piperidine rings is 1. The highest BCUT2D eigenvalue weighted by molar-refractivity contribution is 5.39. The van der Waals surface area contributed by atoms with Crippen molar-refractivity contribution >= 4 is 11.8 Å². The van der Waals surface area contributed by atoms with E-state index in [-0.39, 0.29) is 0 Å². The summed E-state index contributed by atoms with van der Waals surface area (Å²) in [4.78, 5) is 6.74. The van der Waals surface area contributed by atoms with Crippen molar-refractivity contribution in [2.24, 2.45) is 5.92 Å². The molecule has 0 spiro atoms. The average Bonchev–Trinajstić information content (AvgIpc) is 2.37. The van der Waals surface area contributed by atoms with E-state index < -0.39 is 0 Å². The molecular weight excluding hydrogens is 214 g/mol. The van der Waals surface area contributed by atoms with Crippen LogP contribution in [-0.4, -0.2) is 34.8 Å². The molecule has 0 bridgehead atoms. The van der Waals surface area contributed by atoms with E-state index in [0.29, 0.717) is 0 Å². The summed E-state index contributed by atoms with van der Waals surface area (Å²) in [6.45, 7) is 7.42. The van der Waals surface area contributed by atoms with E-state index in [9.17, 15) is 0 Å². The topological polar surface area (TPSA) is 53.9 Å². The van der Waals surface area contributed by atoms with Crippen LogP contribution >= 0.6 is 0 Å². The van der Waals surface area contributed by atoms with Gasteiger partial charge in [0.15, 0.2) is 5.82 Å². The van der Waals surface area contributed by atoms with Crippen molar-refractivity contribution in [1.82, 2.24) is 15.2 Å². The third-order valence-corrected chi connectivity index (χ3v) is 3.04. The first-order chi connectivity index (χ1) is 8.29. The second kappa shape index (κ2) is 5.80. The van der Waals surface area contributed by atoms with Crippen LogP contribution in [0.4, 0.5) is 11.8 Å². The molecule has 0 saturated carbocycles. The largest absolute Gasteiger partial charge is 0.369 e. The monoisotopic (exact) mass is 235 g/mol. The van der Waals surface area contributed by atoms with Crippen LogP contribution < -0.4 is 10.2 Å². The first-order valence-electron chi connectivity index (χ1n) is 6.48. The second-order valence-corrected chi connectivity index (χ2v) is 4.76. The highest BCUT2D eigenvalue weighted by Crippen LogP contribution is 2.19. The van der Waals surface area contributed by atoms with Crippen LogP contribution in [0.5, 0.6) is 0 Å². The van der Waals surface area contributed by atoms with Crippen molar-refractivity contribution in [2.75, 3.05) is 29.9 Å². The molecule has 17 heavy (non-hydrogen) atoms. The van der Waals surface area contributed by atoms with Gasteiger partial charge in [-0.1, -0.05) is 13.8 Å². The molecule has 1 aromatic rings. The van der Waals surface area contributed by atoms with Gasteiger partial charge in [-0.2, -0.15) is 10.1 Å². The van der Waals surface area contributed by atoms with Crippen LogP contribution in [0.3, 0.4) is 0 Å². The molecule has 2 rings (SSSR count). The summed E-state index contributed by atoms with van der Waals surface area (Å²) in [5, 5.41) is 11.4. The lowest BCUT2D eigenvalue weighted by atomic mass is 10.0. The summed E-state index contributed by atoms with van der Waals surface area (Å²) in [5.41, 5.74) is 0. The molecular formula is C12H21N5. The Morgan fingerprint density at radius 3 is 3.18 bits per heavy atom. The van der Waals surface area contributed by atoms with E-state index in [2.05, 4.69) is 39.2 Å². The third kappa shape index (κ3) is 3.28. The summed E-state index contributed by atoms with van der Waals surface area (Å²) in [5.74, 6) is 2.31. The average molecular weight is 235 g/mol. The van der Waals surface area contributed by atoms with Crippen molar-refractivity contribution in [2.45, 2.75) is 33.1 Å². The zero-order chi connectivity index (χ0) is 12.1. The maximum atomic E-state index is 4.51. The normalized spacial score (nSPS) is 20.4. The third-order valence-electron chi connectivity index (χ3n) is 3.04. The predicted octanol–water partition coefficient (Wildman–Crippen LogP) is 1.93. The highest BCUT2D eigenvalue weighted by Gasteiger charge is 2.19. The van der Waals surface area contributed by atoms with Crippen molar-refractivity contribution in [3.8, 4) is 0 Å². The zero-order valence-electron chi connectivity index (χ0n) is 10.7. The Morgan fingerprint density at radius 2 is 2.41 bits per heavy atom. The van der Waals surface area contributed by atoms with Crippen molar-refractivity contribution < 1.29 is 0 Å². The molecule has 1 atom stereocenters. The number of hydrogen-bond acceptors (Lipinski definition) is 5. The first kappa shape index (κ1) is 12.1. The van der Waals surface area contributed by atoms with E-state index in [1.54, 1.807) is 6.20 Å². The minimum absolute atomic E-state index is 0.722. The Bertz CT molecular complexity index is 355. The van der Waals surface area contributed by atoms with Gasteiger partial charge in [-0.15, -0.1) is 5.10 Å². The van der Waals surface area contributed by atoms with Gasteiger partial charge in [0.2, 0.25) is 5.95 Å². The first-order valence-corrected chi connectivity index (χ1v) is 6.48. The molecule has 1 fully saturated rings. The summed E-state index contributed by atoms with van der Waals surface area (Å²) in [6.07, 6.45) is 5.29. The smallest absolute Gasteiger partial charge is 0.247 e. The number of aromatic nitrogens is 3. The fourth-order valence-electron chi connectivity index (χ4n) is 2.14. The predicted molar refractivity (Wildman–Crippen MR) is 69.2 cm³/mol. The summed E-state index contributed by atoms with van der Waals surface area (Å²) < 4.78 is 0. The fraction of sp³-hybridized carbons (Fsp3) is 0.750. The van der Waals surface area contributed by atoms with Crippen molar-refractivity contribution in [1.29, 1.82) is 0 Å². The van der Waals surface area contributed by atoms with E-state index in [1.807, 2.05) is 0 Å². The molecule has 0 radical (unpaired) electrons. The van der Waals surface area contributed by atoms with Crippen LogP contribution in [0.25, 0.3) is 0 Å². The molecule has 1 aromatic heterocycles. The van der Waals surface area contributed by atoms with Gasteiger partial charge in [-0.05, 0) is 25.2 Å². The zero-order valence-corrected chi connectivity index (χ0v) is 10.7. The van der Waals surface area contributed by atoms with Crippen LogP contribution in [0.1, 0.15) is 33.1 Å². The molecule has 1 N–H and O–H groups in total. The number of rotatable bonds is 4. The van der Waals surface area contributed by atoms with E-state index in [0.717, 1.165) is 43.7 Å². The van der Waals surface area contributed by atoms with Gasteiger partial charge in [-0.25, -0.2) is 0 Å². The standard InChI is InChI=1S/C12H21N5/c1-3-6-13-11-8-14-16-12(15-11)17-7-4-5-10(2)9-17/h8,10H,3-7,9H2,1-2H3,(H,13,15,16). The fourth-order valence-corrected chi connectivity index (χ4v) is 2.14. The van der Waals surface area contributed by atoms with Gasteiger partial charge in [0.25, 0.3) is 0 Å². The Hall–Kier alpha value is -1.39. The quantitative estimate of drug-likeness (QED) is 0.864. The van der Waals surface area contributed by atoms with Gasteiger partial charge in [0.1, 0.15) is 0 Å². The van der Waals surface area contributed by atoms with Crippen molar-refractivity contribution in [3.63, 3.8) is 0 Å². The van der Waals surface area contributed by atoms with Gasteiger partial charge < -0.3 is 10.2 Å². The molecule has 1 saturated heterocycles. The maximum Gasteiger partial charge on any atom is 0.247 e. The lowest BCUT2D eigenvalue weighted by Gasteiger charge is -2.30. The minimum atomic E-state index is 0.722. The molecule has 5 heteroatoms. The lowest BCUT2D eigenvalue weighted by Crippen LogP contribution is -2.35. The number of anilines is 2. The summed E-state index contributed by atoms with van der Waals surface area (Å²) in [7, 11) is 0. The number of hydrogen-bond donors (Lipinski definition) is 1.